The van der Waals surface area contributed by atoms with E-state index in [-0.39, 0.29) is 23.7 Å². The van der Waals surface area contributed by atoms with Crippen LogP contribution in [0.3, 0.4) is 0 Å². The summed E-state index contributed by atoms with van der Waals surface area (Å²) >= 11 is 0. The number of carbonyl (C=O) groups is 2. The number of hydrogen-bond donors (Lipinski definition) is 4. The molecule has 2 amide bonds. The van der Waals surface area contributed by atoms with Crippen LogP contribution in [-0.4, -0.2) is 70.1 Å². The first-order valence-electron chi connectivity index (χ1n) is 17.7. The molecule has 0 bridgehead atoms. The highest BCUT2D eigenvalue weighted by molar-refractivity contribution is 5.87. The van der Waals surface area contributed by atoms with Gasteiger partial charge in [0.15, 0.2) is 0 Å². The van der Waals surface area contributed by atoms with Crippen molar-refractivity contribution >= 4 is 28.2 Å². The SMILES string of the molecule is Cc1nc(C(C)(C)NC(=O)[C@H]2CCCNC2)c2ccc(CC(C)CC(C)(NC(=O)[C@@H]3CNCCO3)c3ncc4c(C)cccn34)c(C)c2n1. The van der Waals surface area contributed by atoms with Crippen LogP contribution in [-0.2, 0) is 31.8 Å². The Morgan fingerprint density at radius 2 is 1.84 bits per heavy atom. The van der Waals surface area contributed by atoms with Gasteiger partial charge in [0.05, 0.1) is 46.5 Å². The molecule has 5 heterocycles. The lowest BCUT2D eigenvalue weighted by atomic mass is 9.84. The van der Waals surface area contributed by atoms with Crippen molar-refractivity contribution in [3.05, 3.63) is 70.7 Å². The first-order valence-corrected chi connectivity index (χ1v) is 17.7. The molecule has 11 nitrogen and oxygen atoms in total. The highest BCUT2D eigenvalue weighted by Crippen LogP contribution is 2.34. The van der Waals surface area contributed by atoms with E-state index in [2.05, 4.69) is 71.6 Å². The molecular formula is C38H52N8O3. The maximum Gasteiger partial charge on any atom is 0.251 e. The largest absolute Gasteiger partial charge is 0.366 e. The minimum absolute atomic E-state index is 0.0386. The molecule has 3 aromatic heterocycles. The van der Waals surface area contributed by atoms with Crippen LogP contribution in [0.2, 0.25) is 0 Å². The summed E-state index contributed by atoms with van der Waals surface area (Å²) in [5.74, 6) is 1.53. The predicted octanol–water partition coefficient (Wildman–Crippen LogP) is 4.14. The fraction of sp³-hybridized carbons (Fsp3) is 0.553. The van der Waals surface area contributed by atoms with Crippen molar-refractivity contribution in [3.63, 3.8) is 0 Å². The maximum atomic E-state index is 13.6. The van der Waals surface area contributed by atoms with Crippen molar-refractivity contribution < 1.29 is 14.3 Å². The van der Waals surface area contributed by atoms with E-state index in [4.69, 9.17) is 19.7 Å². The molecule has 49 heavy (non-hydrogen) atoms. The number of rotatable bonds is 10. The number of aryl methyl sites for hydroxylation is 3. The molecule has 2 unspecified atom stereocenters. The van der Waals surface area contributed by atoms with Gasteiger partial charge in [-0.3, -0.25) is 9.59 Å². The van der Waals surface area contributed by atoms with Gasteiger partial charge in [0.2, 0.25) is 5.91 Å². The Hall–Kier alpha value is -3.93. The standard InChI is InChI=1S/C38H52N8O3/c1-23(19-38(7,45-35(48)31-22-40-15-17-49-31)36-41-21-30-24(2)10-9-16-46(30)36)18-27-12-13-29-32(25(27)3)42-26(4)43-33(29)37(5,6)44-34(47)28-11-8-14-39-20-28/h9-10,12-13,16,21,23,28,31,39-40H,8,11,14-15,17-20,22H2,1-7H3,(H,44,47)(H,45,48)/t23?,28-,31-,38?/m0/s1. The van der Waals surface area contributed by atoms with Gasteiger partial charge in [0, 0.05) is 31.2 Å². The van der Waals surface area contributed by atoms with Gasteiger partial charge in [-0.05, 0) is 102 Å². The van der Waals surface area contributed by atoms with E-state index >= 15 is 0 Å². The van der Waals surface area contributed by atoms with Crippen molar-refractivity contribution in [3.8, 4) is 0 Å². The van der Waals surface area contributed by atoms with E-state index in [1.807, 2.05) is 39.2 Å². The summed E-state index contributed by atoms with van der Waals surface area (Å²) in [5.41, 5.74) is 4.73. The lowest BCUT2D eigenvalue weighted by molar-refractivity contribution is -0.136. The highest BCUT2D eigenvalue weighted by atomic mass is 16.5. The maximum absolute atomic E-state index is 13.6. The summed E-state index contributed by atoms with van der Waals surface area (Å²) in [6, 6.07) is 8.37. The number of hydrogen-bond acceptors (Lipinski definition) is 8. The molecule has 0 aliphatic carbocycles. The van der Waals surface area contributed by atoms with E-state index in [0.717, 1.165) is 71.4 Å². The summed E-state index contributed by atoms with van der Waals surface area (Å²) in [6.45, 7) is 17.9. The van der Waals surface area contributed by atoms with Crippen LogP contribution in [0, 0.1) is 32.6 Å². The van der Waals surface area contributed by atoms with Gasteiger partial charge in [-0.15, -0.1) is 0 Å². The second-order valence-electron chi connectivity index (χ2n) is 14.9. The summed E-state index contributed by atoms with van der Waals surface area (Å²) < 4.78 is 7.92. The van der Waals surface area contributed by atoms with Gasteiger partial charge in [-0.25, -0.2) is 15.0 Å². The summed E-state index contributed by atoms with van der Waals surface area (Å²) in [6.07, 6.45) is 6.69. The fourth-order valence-electron chi connectivity index (χ4n) is 7.73. The number of pyridine rings is 1. The summed E-state index contributed by atoms with van der Waals surface area (Å²) in [5, 5.41) is 14.2. The van der Waals surface area contributed by atoms with Crippen LogP contribution < -0.4 is 21.3 Å². The van der Waals surface area contributed by atoms with Crippen molar-refractivity contribution in [2.24, 2.45) is 11.8 Å². The Balaban J connectivity index is 1.27. The molecule has 6 rings (SSSR count). The molecular weight excluding hydrogens is 616 g/mol. The molecule has 1 aromatic carbocycles. The number of nitrogens with zero attached hydrogens (tertiary/aromatic N) is 4. The van der Waals surface area contributed by atoms with Crippen molar-refractivity contribution in [2.75, 3.05) is 32.8 Å². The summed E-state index contributed by atoms with van der Waals surface area (Å²) in [7, 11) is 0. The molecule has 4 aromatic rings. The van der Waals surface area contributed by atoms with Gasteiger partial charge >= 0.3 is 0 Å². The molecule has 2 aliphatic heterocycles. The number of piperidine rings is 1. The van der Waals surface area contributed by atoms with E-state index in [9.17, 15) is 9.59 Å². The predicted molar refractivity (Wildman–Crippen MR) is 191 cm³/mol. The minimum Gasteiger partial charge on any atom is -0.366 e. The van der Waals surface area contributed by atoms with E-state index in [1.54, 1.807) is 0 Å². The number of fused-ring (bicyclic) bond motifs is 2. The Labute approximate surface area is 289 Å². The van der Waals surface area contributed by atoms with Gasteiger partial charge in [-0.1, -0.05) is 25.1 Å². The number of morpholine rings is 1. The average Bonchev–Trinajstić information content (AvgIpc) is 3.53. The molecule has 0 spiro atoms. The van der Waals surface area contributed by atoms with Crippen LogP contribution in [0.25, 0.3) is 16.4 Å². The van der Waals surface area contributed by atoms with Crippen LogP contribution in [0.5, 0.6) is 0 Å². The molecule has 0 saturated carbocycles. The number of aromatic nitrogens is 4. The first kappa shape index (κ1) is 34.9. The Morgan fingerprint density at radius 3 is 2.57 bits per heavy atom. The fourth-order valence-corrected chi connectivity index (χ4v) is 7.73. The average molecular weight is 669 g/mol. The van der Waals surface area contributed by atoms with Crippen LogP contribution in [0.4, 0.5) is 0 Å². The number of imidazole rings is 1. The second kappa shape index (κ2) is 14.1. The zero-order valence-corrected chi connectivity index (χ0v) is 30.1. The Kier molecular flexibility index (Phi) is 10.1. The molecule has 4 atom stereocenters. The van der Waals surface area contributed by atoms with Crippen molar-refractivity contribution in [1.29, 1.82) is 0 Å². The van der Waals surface area contributed by atoms with Crippen LogP contribution in [0.1, 0.15) is 81.0 Å². The normalized spacial score (nSPS) is 20.6. The number of nitrogens with one attached hydrogen (secondary N) is 4. The molecule has 4 N–H and O–H groups in total. The monoisotopic (exact) mass is 668 g/mol. The lowest BCUT2D eigenvalue weighted by Gasteiger charge is -2.35. The second-order valence-corrected chi connectivity index (χ2v) is 14.9. The number of amides is 2. The molecule has 0 radical (unpaired) electrons. The zero-order chi connectivity index (χ0) is 34.9. The van der Waals surface area contributed by atoms with Gasteiger partial charge in [-0.2, -0.15) is 0 Å². The Bertz CT molecular complexity index is 1840. The van der Waals surface area contributed by atoms with Crippen LogP contribution in [0.15, 0.2) is 36.7 Å². The number of benzene rings is 1. The van der Waals surface area contributed by atoms with Gasteiger partial charge < -0.3 is 30.4 Å². The topological polar surface area (TPSA) is 135 Å². The van der Waals surface area contributed by atoms with Gasteiger partial charge in [0.1, 0.15) is 17.8 Å². The quantitative estimate of drug-likeness (QED) is 0.198. The molecule has 2 saturated heterocycles. The molecule has 2 fully saturated rings. The van der Waals surface area contributed by atoms with Crippen molar-refractivity contribution in [1.82, 2.24) is 40.6 Å². The highest BCUT2D eigenvalue weighted by Gasteiger charge is 2.38. The first-order chi connectivity index (χ1) is 23.4. The molecule has 11 heteroatoms. The third kappa shape index (κ3) is 7.34. The zero-order valence-electron chi connectivity index (χ0n) is 30.1. The van der Waals surface area contributed by atoms with E-state index in [1.165, 1.54) is 5.56 Å². The minimum atomic E-state index is -0.760. The van der Waals surface area contributed by atoms with E-state index < -0.39 is 17.2 Å². The summed E-state index contributed by atoms with van der Waals surface area (Å²) in [4.78, 5) is 41.5. The van der Waals surface area contributed by atoms with Gasteiger partial charge in [0.25, 0.3) is 5.91 Å². The van der Waals surface area contributed by atoms with E-state index in [0.29, 0.717) is 31.9 Å². The Morgan fingerprint density at radius 1 is 1.04 bits per heavy atom. The van der Waals surface area contributed by atoms with Crippen molar-refractivity contribution in [2.45, 2.75) is 91.3 Å². The smallest absolute Gasteiger partial charge is 0.251 e. The third-order valence-electron chi connectivity index (χ3n) is 10.3. The number of carbonyl (C=O) groups excluding carboxylic acids is 2. The molecule has 2 aliphatic rings. The lowest BCUT2D eigenvalue weighted by Crippen LogP contribution is -2.54. The third-order valence-corrected chi connectivity index (χ3v) is 10.3. The molecule has 262 valence electrons. The number of ether oxygens (including phenoxy) is 1. The van der Waals surface area contributed by atoms with Crippen LogP contribution >= 0.6 is 0 Å².